The summed E-state index contributed by atoms with van der Waals surface area (Å²) in [5, 5.41) is 2.84. The molecule has 0 aliphatic carbocycles. The Labute approximate surface area is 103 Å². The summed E-state index contributed by atoms with van der Waals surface area (Å²) >= 11 is 7.27. The number of nitrogens with one attached hydrogen (secondary N) is 1. The number of hydrogen-bond acceptors (Lipinski definition) is 2. The van der Waals surface area contributed by atoms with E-state index in [9.17, 15) is 4.79 Å². The summed E-state index contributed by atoms with van der Waals surface area (Å²) in [5.74, 6) is -0.0647. The number of carbonyl (C=O) groups excluding carboxylic acids is 1. The van der Waals surface area contributed by atoms with Gasteiger partial charge in [-0.25, -0.2) is 0 Å². The zero-order valence-electron chi connectivity index (χ0n) is 8.44. The minimum absolute atomic E-state index is 0.0647. The zero-order valence-corrected chi connectivity index (χ0v) is 10.0. The molecule has 16 heavy (non-hydrogen) atoms. The average Bonchev–Trinajstić information content (AvgIpc) is 2.73. The zero-order chi connectivity index (χ0) is 11.4. The van der Waals surface area contributed by atoms with Gasteiger partial charge in [0, 0.05) is 10.4 Å². The van der Waals surface area contributed by atoms with E-state index >= 15 is 0 Å². The molecule has 0 spiro atoms. The summed E-state index contributed by atoms with van der Waals surface area (Å²) < 4.78 is 0.740. The summed E-state index contributed by atoms with van der Waals surface area (Å²) in [7, 11) is 0. The van der Waals surface area contributed by atoms with Crippen molar-refractivity contribution in [3.63, 3.8) is 0 Å². The molecule has 1 N–H and O–H groups in total. The summed E-state index contributed by atoms with van der Waals surface area (Å²) in [6.45, 7) is 0.519. The third-order valence-corrected chi connectivity index (χ3v) is 3.32. The van der Waals surface area contributed by atoms with Crippen LogP contribution in [0.4, 0.5) is 0 Å². The monoisotopic (exact) mass is 251 g/mol. The Balaban J connectivity index is 1.94. The van der Waals surface area contributed by atoms with Crippen LogP contribution in [0.1, 0.15) is 15.2 Å². The molecule has 0 aliphatic heterocycles. The maximum Gasteiger partial charge on any atom is 0.251 e. The van der Waals surface area contributed by atoms with Crippen LogP contribution < -0.4 is 5.32 Å². The van der Waals surface area contributed by atoms with Gasteiger partial charge in [0.25, 0.3) is 5.91 Å². The van der Waals surface area contributed by atoms with Gasteiger partial charge in [-0.05, 0) is 24.3 Å². The molecule has 0 fully saturated rings. The lowest BCUT2D eigenvalue weighted by atomic mass is 10.2. The smallest absolute Gasteiger partial charge is 0.251 e. The van der Waals surface area contributed by atoms with Crippen LogP contribution in [0.3, 0.4) is 0 Å². The van der Waals surface area contributed by atoms with E-state index in [0.717, 1.165) is 9.21 Å². The number of benzene rings is 1. The highest BCUT2D eigenvalue weighted by Gasteiger charge is 2.04. The average molecular weight is 252 g/mol. The number of thiophene rings is 1. The van der Waals surface area contributed by atoms with Crippen molar-refractivity contribution >= 4 is 28.8 Å². The van der Waals surface area contributed by atoms with Crippen LogP contribution in [0.2, 0.25) is 4.34 Å². The van der Waals surface area contributed by atoms with Crippen LogP contribution in [0.25, 0.3) is 0 Å². The standard InChI is InChI=1S/C12H10ClNOS/c13-11-7-6-10(16-11)8-14-12(15)9-4-2-1-3-5-9/h1-7H,8H2,(H,14,15). The molecule has 2 nitrogen and oxygen atoms in total. The van der Waals surface area contributed by atoms with Crippen molar-refractivity contribution in [2.75, 3.05) is 0 Å². The highest BCUT2D eigenvalue weighted by Crippen LogP contribution is 2.21. The van der Waals surface area contributed by atoms with Crippen LogP contribution in [0.5, 0.6) is 0 Å². The molecule has 1 aromatic carbocycles. The fourth-order valence-corrected chi connectivity index (χ4v) is 2.33. The molecule has 0 bridgehead atoms. The van der Waals surface area contributed by atoms with Gasteiger partial charge in [0.15, 0.2) is 0 Å². The summed E-state index contributed by atoms with van der Waals surface area (Å²) in [6, 6.07) is 12.9. The third-order valence-electron chi connectivity index (χ3n) is 2.09. The van der Waals surface area contributed by atoms with Crippen LogP contribution in [0, 0.1) is 0 Å². The Hall–Kier alpha value is -1.32. The maximum atomic E-state index is 11.7. The van der Waals surface area contributed by atoms with Crippen LogP contribution in [0.15, 0.2) is 42.5 Å². The SMILES string of the molecule is O=C(NCc1ccc(Cl)s1)c1ccccc1. The topological polar surface area (TPSA) is 29.1 Å². The van der Waals surface area contributed by atoms with Crippen LogP contribution in [-0.2, 0) is 6.54 Å². The first-order valence-electron chi connectivity index (χ1n) is 4.83. The maximum absolute atomic E-state index is 11.7. The largest absolute Gasteiger partial charge is 0.347 e. The molecule has 4 heteroatoms. The molecule has 2 aromatic rings. The van der Waals surface area contributed by atoms with Gasteiger partial charge in [-0.1, -0.05) is 29.8 Å². The lowest BCUT2D eigenvalue weighted by Gasteiger charge is -2.02. The van der Waals surface area contributed by atoms with E-state index in [1.807, 2.05) is 30.3 Å². The predicted octanol–water partition coefficient (Wildman–Crippen LogP) is 3.33. The van der Waals surface area contributed by atoms with Gasteiger partial charge in [0.2, 0.25) is 0 Å². The molecule has 0 radical (unpaired) electrons. The number of halogens is 1. The quantitative estimate of drug-likeness (QED) is 0.891. The van der Waals surface area contributed by atoms with Gasteiger partial charge >= 0.3 is 0 Å². The van der Waals surface area contributed by atoms with E-state index in [0.29, 0.717) is 12.1 Å². The Morgan fingerprint density at radius 2 is 1.94 bits per heavy atom. The second-order valence-electron chi connectivity index (χ2n) is 3.25. The molecular weight excluding hydrogens is 242 g/mol. The number of carbonyl (C=O) groups is 1. The molecule has 0 aliphatic rings. The molecule has 0 atom stereocenters. The molecule has 0 saturated carbocycles. The van der Waals surface area contributed by atoms with Gasteiger partial charge in [0.05, 0.1) is 10.9 Å². The highest BCUT2D eigenvalue weighted by molar-refractivity contribution is 7.16. The Morgan fingerprint density at radius 1 is 1.19 bits per heavy atom. The first-order chi connectivity index (χ1) is 7.75. The van der Waals surface area contributed by atoms with E-state index in [-0.39, 0.29) is 5.91 Å². The lowest BCUT2D eigenvalue weighted by Crippen LogP contribution is -2.22. The van der Waals surface area contributed by atoms with Crippen molar-refractivity contribution in [3.8, 4) is 0 Å². The Morgan fingerprint density at radius 3 is 2.56 bits per heavy atom. The molecule has 0 unspecified atom stereocenters. The molecule has 1 amide bonds. The van der Waals surface area contributed by atoms with Crippen LogP contribution in [-0.4, -0.2) is 5.91 Å². The van der Waals surface area contributed by atoms with Gasteiger partial charge in [-0.2, -0.15) is 0 Å². The molecule has 1 heterocycles. The molecule has 2 rings (SSSR count). The Kier molecular flexibility index (Phi) is 3.59. The second-order valence-corrected chi connectivity index (χ2v) is 5.05. The first-order valence-corrected chi connectivity index (χ1v) is 6.02. The lowest BCUT2D eigenvalue weighted by molar-refractivity contribution is 0.0951. The molecular formula is C12H10ClNOS. The molecule has 0 saturated heterocycles. The normalized spacial score (nSPS) is 10.1. The number of amides is 1. The minimum Gasteiger partial charge on any atom is -0.347 e. The van der Waals surface area contributed by atoms with Crippen molar-refractivity contribution in [2.24, 2.45) is 0 Å². The second kappa shape index (κ2) is 5.14. The molecule has 1 aromatic heterocycles. The number of rotatable bonds is 3. The summed E-state index contributed by atoms with van der Waals surface area (Å²) in [4.78, 5) is 12.7. The van der Waals surface area contributed by atoms with Gasteiger partial charge in [-0.3, -0.25) is 4.79 Å². The van der Waals surface area contributed by atoms with Gasteiger partial charge < -0.3 is 5.32 Å². The van der Waals surface area contributed by atoms with Crippen molar-refractivity contribution in [1.29, 1.82) is 0 Å². The third kappa shape index (κ3) is 2.84. The molecule has 82 valence electrons. The van der Waals surface area contributed by atoms with Crippen molar-refractivity contribution in [2.45, 2.75) is 6.54 Å². The van der Waals surface area contributed by atoms with Gasteiger partial charge in [-0.15, -0.1) is 11.3 Å². The van der Waals surface area contributed by atoms with Gasteiger partial charge in [0.1, 0.15) is 0 Å². The van der Waals surface area contributed by atoms with Crippen LogP contribution >= 0.6 is 22.9 Å². The van der Waals surface area contributed by atoms with E-state index in [1.165, 1.54) is 11.3 Å². The fraction of sp³-hybridized carbons (Fsp3) is 0.0833. The van der Waals surface area contributed by atoms with Crippen molar-refractivity contribution < 1.29 is 4.79 Å². The first kappa shape index (κ1) is 11.2. The Bertz CT molecular complexity index is 481. The van der Waals surface area contributed by atoms with E-state index in [4.69, 9.17) is 11.6 Å². The van der Waals surface area contributed by atoms with E-state index in [2.05, 4.69) is 5.32 Å². The number of hydrogen-bond donors (Lipinski definition) is 1. The van der Waals surface area contributed by atoms with E-state index in [1.54, 1.807) is 12.1 Å². The summed E-state index contributed by atoms with van der Waals surface area (Å²) in [6.07, 6.45) is 0. The highest BCUT2D eigenvalue weighted by atomic mass is 35.5. The summed E-state index contributed by atoms with van der Waals surface area (Å²) in [5.41, 5.74) is 0.671. The van der Waals surface area contributed by atoms with Crippen molar-refractivity contribution in [3.05, 3.63) is 57.2 Å². The predicted molar refractivity (Wildman–Crippen MR) is 66.9 cm³/mol. The fourth-order valence-electron chi connectivity index (χ4n) is 1.31. The van der Waals surface area contributed by atoms with E-state index < -0.39 is 0 Å². The van der Waals surface area contributed by atoms with Crippen molar-refractivity contribution in [1.82, 2.24) is 5.32 Å². The minimum atomic E-state index is -0.0647.